The monoisotopic (exact) mass is 345 g/mol. The van der Waals surface area contributed by atoms with Gasteiger partial charge < -0.3 is 15.6 Å². The molecule has 3 atom stereocenters. The van der Waals surface area contributed by atoms with Crippen molar-refractivity contribution < 1.29 is 9.84 Å². The van der Waals surface area contributed by atoms with Crippen molar-refractivity contribution in [3.8, 4) is 5.75 Å². The number of hydrogen-bond acceptors (Lipinski definition) is 3. The summed E-state index contributed by atoms with van der Waals surface area (Å²) in [7, 11) is 0. The zero-order valence-corrected chi connectivity index (χ0v) is 14.5. The van der Waals surface area contributed by atoms with Crippen molar-refractivity contribution in [3.63, 3.8) is 0 Å². The maximum Gasteiger partial charge on any atom is 0.119 e. The Kier molecular flexibility index (Phi) is 5.77. The summed E-state index contributed by atoms with van der Waals surface area (Å²) in [6, 6.07) is 15.2. The average Bonchev–Trinajstić information content (AvgIpc) is 2.81. The fourth-order valence-electron chi connectivity index (χ4n) is 3.47. The van der Waals surface area contributed by atoms with Crippen molar-refractivity contribution in [2.75, 3.05) is 6.61 Å². The summed E-state index contributed by atoms with van der Waals surface area (Å²) in [5.74, 6) is 0.880. The van der Waals surface area contributed by atoms with Gasteiger partial charge >= 0.3 is 0 Å². The van der Waals surface area contributed by atoms with E-state index in [0.29, 0.717) is 0 Å². The Balaban J connectivity index is 1.70. The molecule has 0 fully saturated rings. The van der Waals surface area contributed by atoms with E-state index in [1.54, 1.807) is 0 Å². The number of aliphatic hydroxyl groups excluding tert-OH is 1. The van der Waals surface area contributed by atoms with Crippen molar-refractivity contribution in [2.24, 2.45) is 5.73 Å². The zero-order valence-electron chi connectivity index (χ0n) is 13.7. The van der Waals surface area contributed by atoms with Crippen LogP contribution in [0.15, 0.2) is 48.5 Å². The van der Waals surface area contributed by atoms with Crippen LogP contribution in [0.25, 0.3) is 0 Å². The lowest BCUT2D eigenvalue weighted by Gasteiger charge is -2.28. The van der Waals surface area contributed by atoms with E-state index in [1.807, 2.05) is 42.5 Å². The molecule has 0 aliphatic heterocycles. The van der Waals surface area contributed by atoms with Gasteiger partial charge in [0.2, 0.25) is 0 Å². The summed E-state index contributed by atoms with van der Waals surface area (Å²) in [4.78, 5) is 0. The smallest absolute Gasteiger partial charge is 0.119 e. The van der Waals surface area contributed by atoms with E-state index < -0.39 is 6.10 Å². The molecular formula is C20H24ClNO2. The molecule has 2 aromatic rings. The third kappa shape index (κ3) is 4.10. The highest BCUT2D eigenvalue weighted by molar-refractivity contribution is 6.30. The highest BCUT2D eigenvalue weighted by Gasteiger charge is 2.29. The maximum absolute atomic E-state index is 10.5. The topological polar surface area (TPSA) is 55.5 Å². The van der Waals surface area contributed by atoms with Crippen LogP contribution >= 0.6 is 11.6 Å². The molecule has 0 aromatic heterocycles. The third-order valence-electron chi connectivity index (χ3n) is 4.79. The van der Waals surface area contributed by atoms with Crippen LogP contribution in [0.3, 0.4) is 0 Å². The third-order valence-corrected chi connectivity index (χ3v) is 5.02. The van der Waals surface area contributed by atoms with Gasteiger partial charge in [-0.1, -0.05) is 42.3 Å². The van der Waals surface area contributed by atoms with Crippen LogP contribution in [0.2, 0.25) is 5.02 Å². The van der Waals surface area contributed by atoms with Gasteiger partial charge in [-0.2, -0.15) is 0 Å². The number of ether oxygens (including phenoxy) is 1. The van der Waals surface area contributed by atoms with Crippen LogP contribution in [0.1, 0.15) is 36.3 Å². The Morgan fingerprint density at radius 2 is 1.96 bits per heavy atom. The first-order valence-electron chi connectivity index (χ1n) is 8.55. The Hall–Kier alpha value is -1.55. The summed E-state index contributed by atoms with van der Waals surface area (Å²) in [6.45, 7) is 0.199. The highest BCUT2D eigenvalue weighted by atomic mass is 35.5. The molecule has 2 aromatic carbocycles. The van der Waals surface area contributed by atoms with Gasteiger partial charge in [0.15, 0.2) is 0 Å². The predicted octanol–water partition coefficient (Wildman–Crippen LogP) is 3.92. The van der Waals surface area contributed by atoms with Crippen molar-refractivity contribution >= 4 is 11.6 Å². The summed E-state index contributed by atoms with van der Waals surface area (Å²) >= 11 is 6.14. The normalized spacial score (nSPS) is 19.9. The number of fused-ring (bicyclic) bond motifs is 1. The minimum atomic E-state index is -0.711. The molecule has 3 rings (SSSR count). The highest BCUT2D eigenvalue weighted by Crippen LogP contribution is 2.34. The lowest BCUT2D eigenvalue weighted by Crippen LogP contribution is -2.43. The standard InChI is InChI=1S/C20H24ClNO2/c21-15-10-11-17-14(12-15)6-4-5-9-18(17)20(22)19(23)13-24-16-7-2-1-3-8-16/h1-3,7-8,10-12,18-20,23H,4-6,9,13,22H2/t18?,19-,20?/m1/s1. The number of para-hydroxylation sites is 1. The number of rotatable bonds is 5. The first-order chi connectivity index (χ1) is 11.6. The van der Waals surface area contributed by atoms with Crippen LogP contribution in [-0.2, 0) is 6.42 Å². The molecule has 3 nitrogen and oxygen atoms in total. The Morgan fingerprint density at radius 3 is 2.75 bits per heavy atom. The number of nitrogens with two attached hydrogens (primary N) is 1. The Morgan fingerprint density at radius 1 is 1.17 bits per heavy atom. The van der Waals surface area contributed by atoms with E-state index >= 15 is 0 Å². The van der Waals surface area contributed by atoms with Gasteiger partial charge in [0, 0.05) is 17.0 Å². The minimum absolute atomic E-state index is 0.133. The minimum Gasteiger partial charge on any atom is -0.491 e. The van der Waals surface area contributed by atoms with Gasteiger partial charge in [0.05, 0.1) is 0 Å². The van der Waals surface area contributed by atoms with Crippen LogP contribution in [0, 0.1) is 0 Å². The molecule has 0 saturated carbocycles. The van der Waals surface area contributed by atoms with E-state index in [0.717, 1.165) is 36.5 Å². The Labute approximate surface area is 148 Å². The molecule has 0 amide bonds. The molecular weight excluding hydrogens is 322 g/mol. The number of hydrogen-bond donors (Lipinski definition) is 2. The van der Waals surface area contributed by atoms with Crippen LogP contribution in [0.4, 0.5) is 0 Å². The average molecular weight is 346 g/mol. The van der Waals surface area contributed by atoms with Crippen molar-refractivity contribution in [3.05, 3.63) is 64.7 Å². The molecule has 0 heterocycles. The summed E-state index contributed by atoms with van der Waals surface area (Å²) in [6.07, 6.45) is 3.54. The molecule has 2 unspecified atom stereocenters. The van der Waals surface area contributed by atoms with E-state index in [1.165, 1.54) is 11.1 Å². The van der Waals surface area contributed by atoms with E-state index in [2.05, 4.69) is 6.07 Å². The first kappa shape index (κ1) is 17.3. The lowest BCUT2D eigenvalue weighted by molar-refractivity contribution is 0.0756. The largest absolute Gasteiger partial charge is 0.491 e. The Bertz CT molecular complexity index is 662. The van der Waals surface area contributed by atoms with Crippen LogP contribution < -0.4 is 10.5 Å². The fraction of sp³-hybridized carbons (Fsp3) is 0.400. The van der Waals surface area contributed by atoms with Gasteiger partial charge in [-0.25, -0.2) is 0 Å². The summed E-state index contributed by atoms with van der Waals surface area (Å²) < 4.78 is 5.67. The van der Waals surface area contributed by atoms with Gasteiger partial charge in [0.25, 0.3) is 0 Å². The fourth-order valence-corrected chi connectivity index (χ4v) is 3.66. The molecule has 24 heavy (non-hydrogen) atoms. The molecule has 0 saturated heterocycles. The van der Waals surface area contributed by atoms with Gasteiger partial charge in [-0.05, 0) is 54.7 Å². The van der Waals surface area contributed by atoms with Gasteiger partial charge in [-0.3, -0.25) is 0 Å². The van der Waals surface area contributed by atoms with Gasteiger partial charge in [-0.15, -0.1) is 0 Å². The molecule has 1 aliphatic carbocycles. The second kappa shape index (κ2) is 8.02. The SMILES string of the molecule is NC(C1CCCCc2cc(Cl)ccc21)[C@H](O)COc1ccccc1. The van der Waals surface area contributed by atoms with Gasteiger partial charge in [0.1, 0.15) is 18.5 Å². The number of benzene rings is 2. The summed E-state index contributed by atoms with van der Waals surface area (Å²) in [5.41, 5.74) is 8.90. The number of halogens is 1. The van der Waals surface area contributed by atoms with Crippen molar-refractivity contribution in [2.45, 2.75) is 43.7 Å². The molecule has 0 radical (unpaired) electrons. The van der Waals surface area contributed by atoms with Crippen LogP contribution in [0.5, 0.6) is 5.75 Å². The van der Waals surface area contributed by atoms with E-state index in [-0.39, 0.29) is 18.6 Å². The number of aliphatic hydroxyl groups is 1. The lowest BCUT2D eigenvalue weighted by atomic mass is 9.84. The quantitative estimate of drug-likeness (QED) is 0.807. The molecule has 4 heteroatoms. The van der Waals surface area contributed by atoms with E-state index in [9.17, 15) is 5.11 Å². The molecule has 3 N–H and O–H groups in total. The molecule has 128 valence electrons. The molecule has 0 bridgehead atoms. The van der Waals surface area contributed by atoms with E-state index in [4.69, 9.17) is 22.1 Å². The predicted molar refractivity (Wildman–Crippen MR) is 97.7 cm³/mol. The van der Waals surface area contributed by atoms with Crippen molar-refractivity contribution in [1.29, 1.82) is 0 Å². The maximum atomic E-state index is 10.5. The van der Waals surface area contributed by atoms with Crippen molar-refractivity contribution in [1.82, 2.24) is 0 Å². The summed E-state index contributed by atoms with van der Waals surface area (Å²) in [5, 5.41) is 11.3. The first-order valence-corrected chi connectivity index (χ1v) is 8.93. The second-order valence-corrected chi connectivity index (χ2v) is 6.90. The number of aryl methyl sites for hydroxylation is 1. The molecule has 1 aliphatic rings. The van der Waals surface area contributed by atoms with Crippen LogP contribution in [-0.4, -0.2) is 23.9 Å². The molecule has 0 spiro atoms. The second-order valence-electron chi connectivity index (χ2n) is 6.46. The zero-order chi connectivity index (χ0) is 16.9.